The molecule has 0 fully saturated rings. The van der Waals surface area contributed by atoms with Crippen LogP contribution in [0.5, 0.6) is 0 Å². The van der Waals surface area contributed by atoms with E-state index in [9.17, 15) is 18.7 Å². The third-order valence-electron chi connectivity index (χ3n) is 3.65. The van der Waals surface area contributed by atoms with Gasteiger partial charge in [0, 0.05) is 3.57 Å². The van der Waals surface area contributed by atoms with Crippen molar-refractivity contribution in [1.82, 2.24) is 10.5 Å². The second-order valence-corrected chi connectivity index (χ2v) is 6.89. The molecule has 8 nitrogen and oxygen atoms in total. The third-order valence-corrected chi connectivity index (χ3v) is 4.32. The first-order valence-electron chi connectivity index (χ1n) is 7.89. The number of benzene rings is 2. The minimum atomic E-state index is -1.20. The number of carbonyl (C=O) groups excluding carboxylic acids is 1. The van der Waals surface area contributed by atoms with Gasteiger partial charge in [0.15, 0.2) is 17.8 Å². The molecule has 11 heteroatoms. The van der Waals surface area contributed by atoms with Crippen LogP contribution in [0, 0.1) is 15.2 Å². The Morgan fingerprint density at radius 1 is 1.36 bits per heavy atom. The fraction of sp³-hybridized carbons (Fsp3) is 0.176. The Bertz CT molecular complexity index is 1010. The van der Waals surface area contributed by atoms with Gasteiger partial charge >= 0.3 is 0 Å². The third kappa shape index (κ3) is 4.38. The van der Waals surface area contributed by atoms with Crippen LogP contribution in [0.25, 0.3) is 11.1 Å². The molecule has 28 heavy (non-hydrogen) atoms. The van der Waals surface area contributed by atoms with Crippen LogP contribution in [0.15, 0.2) is 35.1 Å². The van der Waals surface area contributed by atoms with Gasteiger partial charge in [-0.05, 0) is 46.9 Å². The maximum atomic E-state index is 14.9. The highest BCUT2D eigenvalue weighted by Gasteiger charge is 2.22. The lowest BCUT2D eigenvalue weighted by Crippen LogP contribution is -2.30. The van der Waals surface area contributed by atoms with Crippen molar-refractivity contribution in [3.05, 3.63) is 51.4 Å². The number of amides is 1. The molecule has 0 radical (unpaired) electrons. The van der Waals surface area contributed by atoms with E-state index in [0.29, 0.717) is 3.57 Å². The molecule has 0 bridgehead atoms. The van der Waals surface area contributed by atoms with Crippen molar-refractivity contribution < 1.29 is 33.0 Å². The number of fused-ring (bicyclic) bond motifs is 1. The van der Waals surface area contributed by atoms with E-state index in [1.54, 1.807) is 6.07 Å². The maximum Gasteiger partial charge on any atom is 0.277 e. The zero-order valence-electron chi connectivity index (χ0n) is 14.1. The SMILES string of the molecule is O=C(NOCC(O)CO)c1cc2ocnc2c(F)c1Nc1ccc(I)cc1F. The van der Waals surface area contributed by atoms with E-state index in [4.69, 9.17) is 14.4 Å². The smallest absolute Gasteiger partial charge is 0.277 e. The number of nitrogens with zero attached hydrogens (tertiary/aromatic N) is 1. The van der Waals surface area contributed by atoms with Gasteiger partial charge in [0.2, 0.25) is 0 Å². The van der Waals surface area contributed by atoms with Gasteiger partial charge in [-0.1, -0.05) is 0 Å². The molecule has 1 atom stereocenters. The highest BCUT2D eigenvalue weighted by Crippen LogP contribution is 2.32. The number of aromatic nitrogens is 1. The Balaban J connectivity index is 1.96. The lowest BCUT2D eigenvalue weighted by molar-refractivity contribution is -0.0295. The quantitative estimate of drug-likeness (QED) is 0.288. The first-order valence-corrected chi connectivity index (χ1v) is 8.97. The molecule has 1 amide bonds. The summed E-state index contributed by atoms with van der Waals surface area (Å²) in [5.74, 6) is -2.43. The van der Waals surface area contributed by atoms with Crippen LogP contribution < -0.4 is 10.8 Å². The Kier molecular flexibility index (Phi) is 6.39. The number of oxazole rings is 1. The Morgan fingerprint density at radius 3 is 2.86 bits per heavy atom. The number of anilines is 2. The second kappa shape index (κ2) is 8.77. The van der Waals surface area contributed by atoms with Gasteiger partial charge in [-0.15, -0.1) is 0 Å². The van der Waals surface area contributed by atoms with Crippen LogP contribution in [0.3, 0.4) is 0 Å². The molecule has 148 valence electrons. The largest absolute Gasteiger partial charge is 0.443 e. The highest BCUT2D eigenvalue weighted by atomic mass is 127. The molecule has 0 saturated carbocycles. The normalized spacial score (nSPS) is 12.2. The van der Waals surface area contributed by atoms with E-state index in [0.717, 1.165) is 6.39 Å². The fourth-order valence-corrected chi connectivity index (χ4v) is 2.75. The van der Waals surface area contributed by atoms with Gasteiger partial charge in [0.1, 0.15) is 24.0 Å². The number of hydroxylamine groups is 1. The predicted octanol–water partition coefficient (Wildman–Crippen LogP) is 2.47. The van der Waals surface area contributed by atoms with Crippen molar-refractivity contribution in [1.29, 1.82) is 0 Å². The minimum Gasteiger partial charge on any atom is -0.443 e. The molecule has 2 aromatic carbocycles. The summed E-state index contributed by atoms with van der Waals surface area (Å²) in [6.45, 7) is -0.947. The summed E-state index contributed by atoms with van der Waals surface area (Å²) < 4.78 is 34.8. The summed E-state index contributed by atoms with van der Waals surface area (Å²) in [6.07, 6.45) is -0.189. The fourth-order valence-electron chi connectivity index (χ4n) is 2.30. The molecule has 4 N–H and O–H groups in total. The number of aliphatic hydroxyl groups is 2. The molecule has 1 heterocycles. The summed E-state index contributed by atoms with van der Waals surface area (Å²) in [5.41, 5.74) is 1.28. The van der Waals surface area contributed by atoms with Crippen molar-refractivity contribution >= 4 is 51.0 Å². The number of halogens is 3. The molecule has 1 unspecified atom stereocenters. The van der Waals surface area contributed by atoms with Crippen LogP contribution >= 0.6 is 22.6 Å². The molecule has 0 aliphatic carbocycles. The summed E-state index contributed by atoms with van der Waals surface area (Å²) in [6, 6.07) is 5.48. The van der Waals surface area contributed by atoms with E-state index in [1.807, 2.05) is 28.1 Å². The van der Waals surface area contributed by atoms with Crippen LogP contribution in [0.1, 0.15) is 10.4 Å². The van der Waals surface area contributed by atoms with E-state index < -0.39 is 30.3 Å². The Morgan fingerprint density at radius 2 is 2.14 bits per heavy atom. The lowest BCUT2D eigenvalue weighted by atomic mass is 10.1. The van der Waals surface area contributed by atoms with Gasteiger partial charge < -0.3 is 19.9 Å². The van der Waals surface area contributed by atoms with Crippen molar-refractivity contribution in [3.8, 4) is 0 Å². The maximum absolute atomic E-state index is 14.9. The Labute approximate surface area is 170 Å². The molecule has 3 aromatic rings. The van der Waals surface area contributed by atoms with Gasteiger partial charge in [-0.2, -0.15) is 0 Å². The number of nitrogens with one attached hydrogen (secondary N) is 2. The zero-order valence-corrected chi connectivity index (χ0v) is 16.2. The van der Waals surface area contributed by atoms with Crippen molar-refractivity contribution in [3.63, 3.8) is 0 Å². The lowest BCUT2D eigenvalue weighted by Gasteiger charge is -2.14. The van der Waals surface area contributed by atoms with E-state index in [2.05, 4.69) is 10.3 Å². The van der Waals surface area contributed by atoms with E-state index >= 15 is 0 Å². The van der Waals surface area contributed by atoms with Gasteiger partial charge in [0.25, 0.3) is 5.91 Å². The average Bonchev–Trinajstić information content (AvgIpc) is 3.14. The monoisotopic (exact) mass is 505 g/mol. The molecule has 0 spiro atoms. The molecule has 3 rings (SSSR count). The summed E-state index contributed by atoms with van der Waals surface area (Å²) in [4.78, 5) is 21.0. The number of hydrogen-bond donors (Lipinski definition) is 4. The van der Waals surface area contributed by atoms with Crippen molar-refractivity contribution in [2.24, 2.45) is 0 Å². The molecular weight excluding hydrogens is 491 g/mol. The van der Waals surface area contributed by atoms with E-state index in [-0.39, 0.29) is 34.6 Å². The number of aliphatic hydroxyl groups excluding tert-OH is 2. The van der Waals surface area contributed by atoms with Gasteiger partial charge in [-0.3, -0.25) is 9.63 Å². The number of carbonyl (C=O) groups is 1. The summed E-state index contributed by atoms with van der Waals surface area (Å²) in [5, 5.41) is 20.6. The second-order valence-electron chi connectivity index (χ2n) is 5.64. The first kappa shape index (κ1) is 20.4. The number of rotatable bonds is 7. The summed E-state index contributed by atoms with van der Waals surface area (Å²) in [7, 11) is 0. The first-order chi connectivity index (χ1) is 13.4. The molecular formula is C17H14F2IN3O5. The van der Waals surface area contributed by atoms with Crippen LogP contribution in [0.4, 0.5) is 20.2 Å². The van der Waals surface area contributed by atoms with Crippen LogP contribution in [-0.4, -0.2) is 40.4 Å². The van der Waals surface area contributed by atoms with Crippen molar-refractivity contribution in [2.75, 3.05) is 18.5 Å². The minimum absolute atomic E-state index is 0.00618. The highest BCUT2D eigenvalue weighted by molar-refractivity contribution is 14.1. The predicted molar refractivity (Wildman–Crippen MR) is 103 cm³/mol. The topological polar surface area (TPSA) is 117 Å². The van der Waals surface area contributed by atoms with Crippen molar-refractivity contribution in [2.45, 2.75) is 6.10 Å². The zero-order chi connectivity index (χ0) is 20.3. The molecule has 0 saturated heterocycles. The Hall–Kier alpha value is -2.35. The summed E-state index contributed by atoms with van der Waals surface area (Å²) >= 11 is 1.93. The molecule has 0 aliphatic heterocycles. The average molecular weight is 505 g/mol. The van der Waals surface area contributed by atoms with Crippen LogP contribution in [0.2, 0.25) is 0 Å². The number of hydrogen-bond acceptors (Lipinski definition) is 7. The molecule has 0 aliphatic rings. The van der Waals surface area contributed by atoms with Crippen LogP contribution in [-0.2, 0) is 4.84 Å². The molecule has 1 aromatic heterocycles. The van der Waals surface area contributed by atoms with E-state index in [1.165, 1.54) is 18.2 Å². The van der Waals surface area contributed by atoms with Gasteiger partial charge in [-0.25, -0.2) is 19.2 Å². The van der Waals surface area contributed by atoms with Gasteiger partial charge in [0.05, 0.1) is 23.5 Å². The standard InChI is InChI=1S/C17H14F2IN3O5/c18-11-3-8(20)1-2-12(11)22-15-10(17(26)23-28-6-9(25)5-24)4-13-16(14(15)19)21-7-27-13/h1-4,7,9,22,24-25H,5-6H2,(H,23,26).